The highest BCUT2D eigenvalue weighted by Crippen LogP contribution is 2.19. The summed E-state index contributed by atoms with van der Waals surface area (Å²) >= 11 is 0. The second-order valence-corrected chi connectivity index (χ2v) is 4.70. The van der Waals surface area contributed by atoms with Crippen molar-refractivity contribution in [2.24, 2.45) is 11.7 Å². The Bertz CT molecular complexity index is 426. The largest absolute Gasteiger partial charge is 0.406 e. The van der Waals surface area contributed by atoms with Gasteiger partial charge >= 0.3 is 6.18 Å². The van der Waals surface area contributed by atoms with Crippen LogP contribution in [0, 0.1) is 5.92 Å². The van der Waals surface area contributed by atoms with Crippen LogP contribution in [0.1, 0.15) is 24.3 Å². The van der Waals surface area contributed by atoms with E-state index in [0.717, 1.165) is 4.57 Å². The Labute approximate surface area is 109 Å². The van der Waals surface area contributed by atoms with Gasteiger partial charge in [0.15, 0.2) is 0 Å². The molecule has 1 atom stereocenters. The lowest BCUT2D eigenvalue weighted by atomic mass is 10.0. The van der Waals surface area contributed by atoms with Gasteiger partial charge in [0.25, 0.3) is 5.91 Å². The van der Waals surface area contributed by atoms with Gasteiger partial charge in [-0.05, 0) is 18.1 Å². The van der Waals surface area contributed by atoms with E-state index in [4.69, 9.17) is 5.73 Å². The quantitative estimate of drug-likeness (QED) is 0.861. The predicted octanol–water partition coefficient (Wildman–Crippen LogP) is 1.76. The van der Waals surface area contributed by atoms with Crippen LogP contribution in [0.25, 0.3) is 0 Å². The minimum absolute atomic E-state index is 0.0172. The number of rotatable bonds is 5. The van der Waals surface area contributed by atoms with Gasteiger partial charge in [0, 0.05) is 18.8 Å². The van der Waals surface area contributed by atoms with E-state index in [9.17, 15) is 18.0 Å². The van der Waals surface area contributed by atoms with Gasteiger partial charge in [-0.15, -0.1) is 0 Å². The molecule has 1 heterocycles. The highest BCUT2D eigenvalue weighted by molar-refractivity contribution is 5.93. The highest BCUT2D eigenvalue weighted by atomic mass is 19.4. The molecule has 7 heteroatoms. The van der Waals surface area contributed by atoms with Gasteiger partial charge in [-0.1, -0.05) is 13.8 Å². The van der Waals surface area contributed by atoms with E-state index >= 15 is 0 Å². The summed E-state index contributed by atoms with van der Waals surface area (Å²) < 4.78 is 37.9. The highest BCUT2D eigenvalue weighted by Gasteiger charge is 2.29. The molecule has 19 heavy (non-hydrogen) atoms. The molecule has 0 aromatic carbocycles. The number of hydrogen-bond donors (Lipinski definition) is 2. The van der Waals surface area contributed by atoms with Gasteiger partial charge in [-0.25, -0.2) is 0 Å². The Kier molecular flexibility index (Phi) is 4.99. The van der Waals surface area contributed by atoms with Crippen molar-refractivity contribution in [3.05, 3.63) is 24.0 Å². The van der Waals surface area contributed by atoms with E-state index < -0.39 is 18.6 Å². The molecular formula is C12H18F3N3O. The van der Waals surface area contributed by atoms with Gasteiger partial charge in [-0.3, -0.25) is 4.79 Å². The molecule has 0 saturated carbocycles. The molecule has 0 fully saturated rings. The second kappa shape index (κ2) is 6.10. The van der Waals surface area contributed by atoms with Crippen LogP contribution in [0.15, 0.2) is 18.3 Å². The standard InChI is InChI=1S/C12H18F3N3O/c1-8(2)9(6-16)17-11(19)10-4-3-5-18(10)7-12(13,14)15/h3-5,8-9H,6-7,16H2,1-2H3,(H,17,19). The molecule has 108 valence electrons. The monoisotopic (exact) mass is 277 g/mol. The van der Waals surface area contributed by atoms with Crippen molar-refractivity contribution in [3.8, 4) is 0 Å². The van der Waals surface area contributed by atoms with Gasteiger partial charge in [0.05, 0.1) is 0 Å². The zero-order chi connectivity index (χ0) is 14.6. The van der Waals surface area contributed by atoms with Crippen LogP contribution in [0.5, 0.6) is 0 Å². The van der Waals surface area contributed by atoms with E-state index in [2.05, 4.69) is 5.32 Å². The smallest absolute Gasteiger partial charge is 0.347 e. The van der Waals surface area contributed by atoms with E-state index in [1.165, 1.54) is 18.3 Å². The molecular weight excluding hydrogens is 259 g/mol. The van der Waals surface area contributed by atoms with Crippen molar-refractivity contribution in [2.75, 3.05) is 6.54 Å². The maximum atomic E-state index is 12.3. The molecule has 0 bridgehead atoms. The van der Waals surface area contributed by atoms with Crippen LogP contribution in [0.2, 0.25) is 0 Å². The van der Waals surface area contributed by atoms with Crippen LogP contribution in [0.3, 0.4) is 0 Å². The molecule has 3 N–H and O–H groups in total. The van der Waals surface area contributed by atoms with Crippen LogP contribution in [-0.2, 0) is 6.54 Å². The van der Waals surface area contributed by atoms with Gasteiger partial charge < -0.3 is 15.6 Å². The van der Waals surface area contributed by atoms with E-state index in [-0.39, 0.29) is 24.2 Å². The van der Waals surface area contributed by atoms with Crippen molar-refractivity contribution in [2.45, 2.75) is 32.6 Å². The Hall–Kier alpha value is -1.50. The topological polar surface area (TPSA) is 60.0 Å². The lowest BCUT2D eigenvalue weighted by Gasteiger charge is -2.21. The molecule has 0 saturated heterocycles. The molecule has 1 aromatic heterocycles. The van der Waals surface area contributed by atoms with E-state index in [1.54, 1.807) is 0 Å². The van der Waals surface area contributed by atoms with Gasteiger partial charge in [0.2, 0.25) is 0 Å². The third kappa shape index (κ3) is 4.59. The molecule has 1 rings (SSSR count). The first-order valence-electron chi connectivity index (χ1n) is 5.97. The fraction of sp³-hybridized carbons (Fsp3) is 0.583. The molecule has 0 aliphatic heterocycles. The summed E-state index contributed by atoms with van der Waals surface area (Å²) in [4.78, 5) is 11.9. The summed E-state index contributed by atoms with van der Waals surface area (Å²) in [6, 6.07) is 2.50. The number of aromatic nitrogens is 1. The first-order valence-corrected chi connectivity index (χ1v) is 5.97. The molecule has 4 nitrogen and oxygen atoms in total. The van der Waals surface area contributed by atoms with Crippen molar-refractivity contribution in [1.29, 1.82) is 0 Å². The molecule has 0 aliphatic carbocycles. The Morgan fingerprint density at radius 1 is 1.47 bits per heavy atom. The van der Waals surface area contributed by atoms with Crippen LogP contribution in [0.4, 0.5) is 13.2 Å². The molecule has 0 radical (unpaired) electrons. The van der Waals surface area contributed by atoms with Crippen LogP contribution < -0.4 is 11.1 Å². The summed E-state index contributed by atoms with van der Waals surface area (Å²) in [7, 11) is 0. The number of alkyl halides is 3. The van der Waals surface area contributed by atoms with Crippen LogP contribution >= 0.6 is 0 Å². The zero-order valence-electron chi connectivity index (χ0n) is 10.9. The summed E-state index contributed by atoms with van der Waals surface area (Å²) in [6.07, 6.45) is -3.13. The Morgan fingerprint density at radius 2 is 2.11 bits per heavy atom. The lowest BCUT2D eigenvalue weighted by Crippen LogP contribution is -2.44. The molecule has 0 aliphatic rings. The SMILES string of the molecule is CC(C)C(CN)NC(=O)c1cccn1CC(F)(F)F. The maximum Gasteiger partial charge on any atom is 0.406 e. The minimum atomic E-state index is -4.36. The van der Waals surface area contributed by atoms with Crippen molar-refractivity contribution in [3.63, 3.8) is 0 Å². The summed E-state index contributed by atoms with van der Waals surface area (Å²) in [6.45, 7) is 2.82. The number of halogens is 3. The predicted molar refractivity (Wildman–Crippen MR) is 65.6 cm³/mol. The second-order valence-electron chi connectivity index (χ2n) is 4.70. The van der Waals surface area contributed by atoms with Crippen molar-refractivity contribution >= 4 is 5.91 Å². The maximum absolute atomic E-state index is 12.3. The molecule has 1 unspecified atom stereocenters. The van der Waals surface area contributed by atoms with E-state index in [0.29, 0.717) is 0 Å². The number of amides is 1. The average Bonchev–Trinajstić information content (AvgIpc) is 2.70. The summed E-state index contributed by atoms with van der Waals surface area (Å²) in [5.41, 5.74) is 5.50. The normalized spacial score (nSPS) is 13.6. The molecule has 1 aromatic rings. The van der Waals surface area contributed by atoms with E-state index in [1.807, 2.05) is 13.8 Å². The Morgan fingerprint density at radius 3 is 2.58 bits per heavy atom. The van der Waals surface area contributed by atoms with Crippen molar-refractivity contribution < 1.29 is 18.0 Å². The number of carbonyl (C=O) groups excluding carboxylic acids is 1. The Balaban J connectivity index is 2.80. The fourth-order valence-electron chi connectivity index (χ4n) is 1.69. The average molecular weight is 277 g/mol. The number of carbonyl (C=O) groups is 1. The zero-order valence-corrected chi connectivity index (χ0v) is 10.9. The first kappa shape index (κ1) is 15.6. The first-order chi connectivity index (χ1) is 8.74. The van der Waals surface area contributed by atoms with Gasteiger partial charge in [-0.2, -0.15) is 13.2 Å². The number of hydrogen-bond acceptors (Lipinski definition) is 2. The lowest BCUT2D eigenvalue weighted by molar-refractivity contribution is -0.140. The van der Waals surface area contributed by atoms with Gasteiger partial charge in [0.1, 0.15) is 12.2 Å². The molecule has 0 spiro atoms. The molecule has 1 amide bonds. The summed E-state index contributed by atoms with van der Waals surface area (Å²) in [5, 5.41) is 2.64. The number of nitrogens with zero attached hydrogens (tertiary/aromatic N) is 1. The fourth-order valence-corrected chi connectivity index (χ4v) is 1.69. The summed E-state index contributed by atoms with van der Waals surface area (Å²) in [5.74, 6) is -0.432. The third-order valence-electron chi connectivity index (χ3n) is 2.79. The van der Waals surface area contributed by atoms with Crippen LogP contribution in [-0.4, -0.2) is 29.2 Å². The van der Waals surface area contributed by atoms with Crippen molar-refractivity contribution in [1.82, 2.24) is 9.88 Å². The number of nitrogens with two attached hydrogens (primary N) is 1. The minimum Gasteiger partial charge on any atom is -0.347 e. The number of nitrogens with one attached hydrogen (secondary N) is 1. The third-order valence-corrected chi connectivity index (χ3v) is 2.79.